The van der Waals surface area contributed by atoms with Crippen molar-refractivity contribution in [2.75, 3.05) is 0 Å². The van der Waals surface area contributed by atoms with Crippen molar-refractivity contribution in [3.05, 3.63) is 54.3 Å². The Hall–Kier alpha value is -0.712. The third-order valence-corrected chi connectivity index (χ3v) is 9.53. The van der Waals surface area contributed by atoms with Crippen molar-refractivity contribution in [3.8, 4) is 0 Å². The van der Waals surface area contributed by atoms with Gasteiger partial charge < -0.3 is 35.6 Å². The Labute approximate surface area is 169 Å². The monoisotopic (exact) mass is 454 g/mol. The third-order valence-electron chi connectivity index (χ3n) is 2.08. The van der Waals surface area contributed by atoms with E-state index in [9.17, 15) is 0 Å². The van der Waals surface area contributed by atoms with E-state index in [1.807, 2.05) is 52.8 Å². The number of allylic oxidation sites excluding steroid dienone is 1. The van der Waals surface area contributed by atoms with Gasteiger partial charge in [0.25, 0.3) is 0 Å². The second-order valence-corrected chi connectivity index (χ2v) is 10.7. The molecule has 0 aliphatic carbocycles. The standard InChI is InChI=1S/C7H8.C4H6.2C2H6.H8O8Si4/c1-7-5-3-2-4-6-7;1-3-4-2;2*1-2;1-9-5-10(2)7-12(4)8-11(3)6-9/h2-6H,1H3;4H,1H2,2H3;2*1-2H3;1-4,9-12H. The molecule has 12 heteroatoms. The topological polar surface area (TPSA) is 118 Å². The number of benzene rings is 1. The van der Waals surface area contributed by atoms with Gasteiger partial charge in [0.15, 0.2) is 0 Å². The first-order valence-corrected chi connectivity index (χ1v) is 14.4. The Balaban J connectivity index is -0.000000327. The fourth-order valence-electron chi connectivity index (χ4n) is 1.06. The van der Waals surface area contributed by atoms with Crippen molar-refractivity contribution >= 4 is 38.1 Å². The van der Waals surface area contributed by atoms with Crippen LogP contribution in [0.3, 0.4) is 0 Å². The summed E-state index contributed by atoms with van der Waals surface area (Å²) >= 11 is 0. The Morgan fingerprint density at radius 2 is 1.04 bits per heavy atom. The molecule has 0 unspecified atom stereocenters. The summed E-state index contributed by atoms with van der Waals surface area (Å²) in [6.07, 6.45) is 1.76. The van der Waals surface area contributed by atoms with E-state index < -0.39 is 38.1 Å². The second kappa shape index (κ2) is 23.3. The average molecular weight is 455 g/mol. The number of hydrogen-bond acceptors (Lipinski definition) is 8. The van der Waals surface area contributed by atoms with Crippen LogP contribution in [0.15, 0.2) is 48.7 Å². The summed E-state index contributed by atoms with van der Waals surface area (Å²) in [6.45, 7) is 15.3. The van der Waals surface area contributed by atoms with Gasteiger partial charge in [-0.15, -0.1) is 5.73 Å². The highest BCUT2D eigenvalue weighted by Gasteiger charge is 2.33. The maximum atomic E-state index is 8.86. The van der Waals surface area contributed by atoms with Crippen LogP contribution in [0.1, 0.15) is 40.2 Å². The lowest BCUT2D eigenvalue weighted by Gasteiger charge is -2.23. The number of rotatable bonds is 0. The van der Waals surface area contributed by atoms with Crippen LogP contribution in [0.5, 0.6) is 0 Å². The van der Waals surface area contributed by atoms with E-state index in [-0.39, 0.29) is 0 Å². The van der Waals surface area contributed by atoms with E-state index in [1.165, 1.54) is 5.56 Å². The summed E-state index contributed by atoms with van der Waals surface area (Å²) < 4.78 is 17.8. The summed E-state index contributed by atoms with van der Waals surface area (Å²) in [7, 11) is -12.1. The Morgan fingerprint density at radius 1 is 0.778 bits per heavy atom. The molecular weight excluding hydrogens is 421 g/mol. The normalized spacial score (nSPS) is 23.3. The van der Waals surface area contributed by atoms with Crippen LogP contribution in [0.4, 0.5) is 0 Å². The van der Waals surface area contributed by atoms with Gasteiger partial charge in [-0.2, -0.15) is 0 Å². The molecule has 1 aromatic carbocycles. The molecule has 0 spiro atoms. The first-order valence-electron chi connectivity index (χ1n) is 8.55. The molecule has 1 aromatic rings. The summed E-state index contributed by atoms with van der Waals surface area (Å²) in [4.78, 5) is 35.4. The van der Waals surface area contributed by atoms with Crippen molar-refractivity contribution in [3.63, 3.8) is 0 Å². The first-order chi connectivity index (χ1) is 12.9. The highest BCUT2D eigenvalue weighted by atomic mass is 28.5. The van der Waals surface area contributed by atoms with Crippen molar-refractivity contribution in [2.24, 2.45) is 0 Å². The van der Waals surface area contributed by atoms with Crippen molar-refractivity contribution in [1.82, 2.24) is 0 Å². The third kappa shape index (κ3) is 23.2. The van der Waals surface area contributed by atoms with Gasteiger partial charge >= 0.3 is 38.1 Å². The van der Waals surface area contributed by atoms with Gasteiger partial charge in [-0.25, -0.2) is 0 Å². The van der Waals surface area contributed by atoms with Gasteiger partial charge in [-0.3, -0.25) is 0 Å². The summed E-state index contributed by atoms with van der Waals surface area (Å²) in [5, 5.41) is 0. The molecule has 1 saturated heterocycles. The summed E-state index contributed by atoms with van der Waals surface area (Å²) in [5.74, 6) is 0. The fourth-order valence-corrected chi connectivity index (χ4v) is 7.58. The SMILES string of the molecule is C=C=CC.CC.CC.Cc1ccccc1.O[SiH]1O[SiH](O)O[SiH](O)O[SiH](O)O1. The van der Waals surface area contributed by atoms with Crippen LogP contribution in [-0.4, -0.2) is 57.3 Å². The van der Waals surface area contributed by atoms with E-state index in [1.54, 1.807) is 6.08 Å². The van der Waals surface area contributed by atoms with Crippen LogP contribution in [0.25, 0.3) is 0 Å². The molecule has 158 valence electrons. The molecule has 8 nitrogen and oxygen atoms in total. The molecule has 0 atom stereocenters. The fraction of sp³-hybridized carbons (Fsp3) is 0.400. The predicted octanol–water partition coefficient (Wildman–Crippen LogP) is 0.299. The molecule has 1 aliphatic rings. The molecule has 1 aliphatic heterocycles. The lowest BCUT2D eigenvalue weighted by molar-refractivity contribution is 0.133. The Kier molecular flexibility index (Phi) is 26.8. The molecule has 0 saturated carbocycles. The van der Waals surface area contributed by atoms with Crippen molar-refractivity contribution < 1.29 is 35.6 Å². The smallest absolute Gasteiger partial charge is 0.393 e. The summed E-state index contributed by atoms with van der Waals surface area (Å²) in [5.41, 5.74) is 3.88. The van der Waals surface area contributed by atoms with E-state index >= 15 is 0 Å². The molecule has 0 amide bonds. The molecular formula is C15H34O8Si4. The van der Waals surface area contributed by atoms with Crippen LogP contribution < -0.4 is 0 Å². The van der Waals surface area contributed by atoms with Crippen molar-refractivity contribution in [2.45, 2.75) is 41.5 Å². The zero-order valence-electron chi connectivity index (χ0n) is 16.9. The maximum Gasteiger partial charge on any atom is 0.466 e. The van der Waals surface area contributed by atoms with Crippen LogP contribution >= 0.6 is 0 Å². The minimum atomic E-state index is -3.03. The molecule has 1 heterocycles. The molecule has 27 heavy (non-hydrogen) atoms. The molecule has 1 fully saturated rings. The first kappa shape index (κ1) is 31.0. The van der Waals surface area contributed by atoms with Gasteiger partial charge in [0.2, 0.25) is 0 Å². The van der Waals surface area contributed by atoms with Crippen LogP contribution in [-0.2, 0) is 16.5 Å². The van der Waals surface area contributed by atoms with Gasteiger partial charge in [-0.1, -0.05) is 70.2 Å². The molecule has 0 aromatic heterocycles. The van der Waals surface area contributed by atoms with Crippen molar-refractivity contribution in [1.29, 1.82) is 0 Å². The minimum absolute atomic E-state index is 1.32. The molecule has 2 rings (SSSR count). The van der Waals surface area contributed by atoms with Gasteiger partial charge in [0.05, 0.1) is 0 Å². The van der Waals surface area contributed by atoms with E-state index in [4.69, 9.17) is 19.2 Å². The maximum absolute atomic E-state index is 8.86. The number of aryl methyl sites for hydroxylation is 1. The average Bonchev–Trinajstić information content (AvgIpc) is 2.65. The van der Waals surface area contributed by atoms with Crippen LogP contribution in [0.2, 0.25) is 0 Å². The van der Waals surface area contributed by atoms with E-state index in [2.05, 4.69) is 47.8 Å². The highest BCUT2D eigenvalue weighted by molar-refractivity contribution is 6.65. The van der Waals surface area contributed by atoms with Crippen LogP contribution in [0, 0.1) is 6.92 Å². The summed E-state index contributed by atoms with van der Waals surface area (Å²) in [6, 6.07) is 10.3. The van der Waals surface area contributed by atoms with Gasteiger partial charge in [0, 0.05) is 0 Å². The lowest BCUT2D eigenvalue weighted by atomic mass is 10.2. The van der Waals surface area contributed by atoms with Gasteiger partial charge in [0.1, 0.15) is 0 Å². The quantitative estimate of drug-likeness (QED) is 0.327. The second-order valence-electron chi connectivity index (χ2n) is 3.92. The Morgan fingerprint density at radius 3 is 1.19 bits per heavy atom. The predicted molar refractivity (Wildman–Crippen MR) is 115 cm³/mol. The lowest BCUT2D eigenvalue weighted by Crippen LogP contribution is -2.49. The van der Waals surface area contributed by atoms with E-state index in [0.717, 1.165) is 0 Å². The molecule has 4 N–H and O–H groups in total. The zero-order valence-corrected chi connectivity index (χ0v) is 21.5. The van der Waals surface area contributed by atoms with Gasteiger partial charge in [-0.05, 0) is 19.9 Å². The Bertz CT molecular complexity index is 422. The highest BCUT2D eigenvalue weighted by Crippen LogP contribution is 2.00. The number of hydrogen-bond donors (Lipinski definition) is 4. The van der Waals surface area contributed by atoms with E-state index in [0.29, 0.717) is 0 Å². The molecule has 0 radical (unpaired) electrons. The minimum Gasteiger partial charge on any atom is -0.393 e. The largest absolute Gasteiger partial charge is 0.466 e. The zero-order chi connectivity index (χ0) is 21.7. The molecule has 0 bridgehead atoms.